The molecular formula is C54H34N2OS2. The van der Waals surface area contributed by atoms with Crippen molar-refractivity contribution in [1.29, 1.82) is 0 Å². The van der Waals surface area contributed by atoms with E-state index >= 15 is 0 Å². The maximum absolute atomic E-state index is 6.79. The molecule has 3 nitrogen and oxygen atoms in total. The molecule has 11 aromatic rings. The fourth-order valence-electron chi connectivity index (χ4n) is 9.84. The molecule has 5 heteroatoms. The van der Waals surface area contributed by atoms with E-state index in [1.54, 1.807) is 0 Å². The molecule has 0 spiro atoms. The molecule has 2 aliphatic rings. The van der Waals surface area contributed by atoms with Crippen molar-refractivity contribution in [3.05, 3.63) is 194 Å². The molecule has 4 heterocycles. The van der Waals surface area contributed by atoms with Crippen LogP contribution in [0.15, 0.2) is 193 Å². The molecule has 0 saturated carbocycles. The molecule has 0 bridgehead atoms. The van der Waals surface area contributed by atoms with Gasteiger partial charge in [-0.3, -0.25) is 0 Å². The molecule has 1 unspecified atom stereocenters. The van der Waals surface area contributed by atoms with E-state index in [0.29, 0.717) is 0 Å². The van der Waals surface area contributed by atoms with Crippen molar-refractivity contribution >= 4 is 119 Å². The predicted molar refractivity (Wildman–Crippen MR) is 254 cm³/mol. The van der Waals surface area contributed by atoms with Gasteiger partial charge in [-0.2, -0.15) is 0 Å². The quantitative estimate of drug-likeness (QED) is 0.173. The highest BCUT2D eigenvalue weighted by Crippen LogP contribution is 2.56. The highest BCUT2D eigenvalue weighted by Gasteiger charge is 2.39. The van der Waals surface area contributed by atoms with Crippen LogP contribution < -0.4 is 9.80 Å². The Kier molecular flexibility index (Phi) is 7.17. The molecule has 59 heavy (non-hydrogen) atoms. The third-order valence-electron chi connectivity index (χ3n) is 12.3. The van der Waals surface area contributed by atoms with E-state index in [0.717, 1.165) is 40.0 Å². The number of furan rings is 1. The van der Waals surface area contributed by atoms with Crippen molar-refractivity contribution in [3.63, 3.8) is 0 Å². The topological polar surface area (TPSA) is 19.6 Å². The Morgan fingerprint density at radius 2 is 1.19 bits per heavy atom. The number of hydrogen-bond acceptors (Lipinski definition) is 5. The molecule has 278 valence electrons. The number of nitrogens with zero attached hydrogens (tertiary/aromatic N) is 2. The Morgan fingerprint density at radius 3 is 1.98 bits per heavy atom. The molecule has 3 aromatic heterocycles. The fourth-order valence-corrected chi connectivity index (χ4v) is 12.3. The monoisotopic (exact) mass is 790 g/mol. The fraction of sp³-hybridized carbons (Fsp3) is 0.0370. The Morgan fingerprint density at radius 1 is 0.542 bits per heavy atom. The van der Waals surface area contributed by atoms with Crippen LogP contribution in [0.3, 0.4) is 0 Å². The van der Waals surface area contributed by atoms with E-state index in [1.165, 1.54) is 79.4 Å². The number of thiophene rings is 2. The van der Waals surface area contributed by atoms with Crippen LogP contribution in [0.25, 0.3) is 79.0 Å². The van der Waals surface area contributed by atoms with Gasteiger partial charge in [0.2, 0.25) is 0 Å². The summed E-state index contributed by atoms with van der Waals surface area (Å²) in [6, 6.07) is 62.1. The Balaban J connectivity index is 1.02. The Labute approximate surface area is 348 Å². The maximum atomic E-state index is 6.79. The van der Waals surface area contributed by atoms with Crippen LogP contribution in [-0.2, 0) is 0 Å². The van der Waals surface area contributed by atoms with Crippen molar-refractivity contribution in [1.82, 2.24) is 0 Å². The van der Waals surface area contributed by atoms with Gasteiger partial charge in [0.05, 0.1) is 22.1 Å². The molecule has 0 fully saturated rings. The lowest BCUT2D eigenvalue weighted by atomic mass is 9.87. The van der Waals surface area contributed by atoms with Crippen molar-refractivity contribution < 1.29 is 4.42 Å². The lowest BCUT2D eigenvalue weighted by Gasteiger charge is -2.30. The largest absolute Gasteiger partial charge is 0.456 e. The van der Waals surface area contributed by atoms with Crippen molar-refractivity contribution in [3.8, 4) is 11.1 Å². The summed E-state index contributed by atoms with van der Waals surface area (Å²) in [6.07, 6.45) is 7.83. The molecule has 8 aromatic carbocycles. The second-order valence-corrected chi connectivity index (χ2v) is 17.6. The molecule has 0 N–H and O–H groups in total. The first-order chi connectivity index (χ1) is 29.3. The van der Waals surface area contributed by atoms with Gasteiger partial charge in [0, 0.05) is 86.2 Å². The third kappa shape index (κ3) is 4.86. The van der Waals surface area contributed by atoms with Crippen molar-refractivity contribution in [2.75, 3.05) is 9.80 Å². The predicted octanol–water partition coefficient (Wildman–Crippen LogP) is 16.3. The van der Waals surface area contributed by atoms with Crippen LogP contribution >= 0.6 is 22.7 Å². The van der Waals surface area contributed by atoms with Gasteiger partial charge < -0.3 is 14.2 Å². The summed E-state index contributed by atoms with van der Waals surface area (Å²) in [5, 5.41) is 7.54. The SMILES string of the molecule is C1=CCC2C(=C1)c1c(cc3oc4ccccc4c3c1-c1cccc3c1sc1ccccc13)N2c1ccc(N(c2ccccc2)c2cccc3c2sc2ccccc23)cc1. The van der Waals surface area contributed by atoms with Gasteiger partial charge >= 0.3 is 0 Å². The first kappa shape index (κ1) is 33.1. The van der Waals surface area contributed by atoms with E-state index in [2.05, 4.69) is 198 Å². The maximum Gasteiger partial charge on any atom is 0.138 e. The van der Waals surface area contributed by atoms with E-state index in [9.17, 15) is 0 Å². The van der Waals surface area contributed by atoms with Crippen LogP contribution in [-0.4, -0.2) is 6.04 Å². The number of benzene rings is 8. The molecule has 1 aliphatic heterocycles. The average molecular weight is 791 g/mol. The lowest BCUT2D eigenvalue weighted by Crippen LogP contribution is -2.27. The minimum absolute atomic E-state index is 0.150. The first-order valence-corrected chi connectivity index (χ1v) is 21.8. The molecular weight excluding hydrogens is 757 g/mol. The van der Waals surface area contributed by atoms with Gasteiger partial charge in [-0.15, -0.1) is 22.7 Å². The standard InChI is InChI=1S/C54H34N2OS2/c1-2-14-33(15-3-1)55(44-24-13-21-39-37-17-7-11-27-49(37)59-54(39)44)34-28-30-35(31-29-34)56-43-23-8-4-18-40(43)50-45(56)32-47-51(41-19-5-9-25-46(41)57-47)52(50)42-22-12-20-38-36-16-6-10-26-48(36)58-53(38)42/h1-22,24-32,43H,23H2. The summed E-state index contributed by atoms with van der Waals surface area (Å²) in [7, 11) is 0. The minimum Gasteiger partial charge on any atom is -0.456 e. The highest BCUT2D eigenvalue weighted by atomic mass is 32.1. The summed E-state index contributed by atoms with van der Waals surface area (Å²) in [5.74, 6) is 0. The normalized spacial score (nSPS) is 14.9. The molecule has 0 radical (unpaired) electrons. The van der Waals surface area contributed by atoms with Gasteiger partial charge in [-0.25, -0.2) is 0 Å². The highest BCUT2D eigenvalue weighted by molar-refractivity contribution is 7.26. The second-order valence-electron chi connectivity index (χ2n) is 15.5. The van der Waals surface area contributed by atoms with E-state index in [-0.39, 0.29) is 6.04 Å². The lowest BCUT2D eigenvalue weighted by molar-refractivity contribution is 0.669. The van der Waals surface area contributed by atoms with Crippen LogP contribution in [0.4, 0.5) is 28.4 Å². The van der Waals surface area contributed by atoms with Crippen molar-refractivity contribution in [2.45, 2.75) is 12.5 Å². The Bertz CT molecular complexity index is 3550. The molecule has 1 atom stereocenters. The molecule has 13 rings (SSSR count). The van der Waals surface area contributed by atoms with E-state index in [4.69, 9.17) is 4.42 Å². The number of para-hydroxylation sites is 2. The number of fused-ring (bicyclic) bond motifs is 12. The smallest absolute Gasteiger partial charge is 0.138 e. The van der Waals surface area contributed by atoms with E-state index in [1.807, 2.05) is 22.7 Å². The summed E-state index contributed by atoms with van der Waals surface area (Å²) in [4.78, 5) is 4.98. The number of allylic oxidation sites excluding steroid dienone is 2. The zero-order valence-corrected chi connectivity index (χ0v) is 33.4. The third-order valence-corrected chi connectivity index (χ3v) is 14.8. The summed E-state index contributed by atoms with van der Waals surface area (Å²) in [6.45, 7) is 0. The zero-order chi connectivity index (χ0) is 38.6. The van der Waals surface area contributed by atoms with Gasteiger partial charge in [-0.1, -0.05) is 121 Å². The van der Waals surface area contributed by atoms with Crippen LogP contribution in [0.5, 0.6) is 0 Å². The molecule has 0 saturated heterocycles. The van der Waals surface area contributed by atoms with Gasteiger partial charge in [0.1, 0.15) is 11.2 Å². The number of hydrogen-bond donors (Lipinski definition) is 0. The van der Waals surface area contributed by atoms with Crippen LogP contribution in [0, 0.1) is 0 Å². The number of rotatable bonds is 5. The zero-order valence-electron chi connectivity index (χ0n) is 31.8. The number of anilines is 5. The average Bonchev–Trinajstić information content (AvgIpc) is 4.06. The minimum atomic E-state index is 0.150. The molecule has 1 aliphatic carbocycles. The Hall–Kier alpha value is -6.92. The first-order valence-electron chi connectivity index (χ1n) is 20.2. The van der Waals surface area contributed by atoms with Crippen LogP contribution in [0.1, 0.15) is 12.0 Å². The van der Waals surface area contributed by atoms with E-state index < -0.39 is 0 Å². The summed E-state index contributed by atoms with van der Waals surface area (Å²) < 4.78 is 12.0. The second kappa shape index (κ2) is 12.8. The summed E-state index contributed by atoms with van der Waals surface area (Å²) >= 11 is 3.76. The summed E-state index contributed by atoms with van der Waals surface area (Å²) in [5.41, 5.74) is 12.8. The van der Waals surface area contributed by atoms with Gasteiger partial charge in [0.15, 0.2) is 0 Å². The van der Waals surface area contributed by atoms with Gasteiger partial charge in [-0.05, 0) is 72.7 Å². The molecule has 0 amide bonds. The van der Waals surface area contributed by atoms with Crippen molar-refractivity contribution in [2.24, 2.45) is 0 Å². The van der Waals surface area contributed by atoms with Gasteiger partial charge in [0.25, 0.3) is 0 Å². The van der Waals surface area contributed by atoms with Crippen LogP contribution in [0.2, 0.25) is 0 Å².